The minimum atomic E-state index is -1.67. The SMILES string of the molecule is CC(C)C(=O)NCc1ccc(Nc2cc(-c3ccc4cc(C#N)cnn34)ncc2C(=O)NCC(F)C(C)(C)O)cc1. The van der Waals surface area contributed by atoms with Gasteiger partial charge in [-0.2, -0.15) is 10.4 Å². The summed E-state index contributed by atoms with van der Waals surface area (Å²) in [5.74, 6) is -0.717. The molecular formula is C30H32FN7O3. The predicted molar refractivity (Wildman–Crippen MR) is 153 cm³/mol. The minimum absolute atomic E-state index is 0.0384. The summed E-state index contributed by atoms with van der Waals surface area (Å²) in [7, 11) is 0. The molecule has 1 atom stereocenters. The number of hydrogen-bond donors (Lipinski definition) is 4. The van der Waals surface area contributed by atoms with Crippen LogP contribution in [0, 0.1) is 17.2 Å². The van der Waals surface area contributed by atoms with Crippen LogP contribution in [0.4, 0.5) is 15.8 Å². The number of fused-ring (bicyclic) bond motifs is 1. The number of carbonyl (C=O) groups excluding carboxylic acids is 2. The number of nitrogens with zero attached hydrogens (tertiary/aromatic N) is 4. The first kappa shape index (κ1) is 29.2. The lowest BCUT2D eigenvalue weighted by atomic mass is 10.0. The van der Waals surface area contributed by atoms with E-state index in [9.17, 15) is 24.3 Å². The standard InChI is InChI=1S/C30H32FN7O3/c1-18(2)28(39)34-14-19-5-7-21(8-6-19)37-24-12-25(26-10-9-22-11-20(13-32)15-36-38(22)26)33-16-23(24)29(40)35-17-27(31)30(3,4)41/h5-12,15-16,18,27,41H,14,17H2,1-4H3,(H,33,37)(H,34,39)(H,35,40). The third-order valence-electron chi connectivity index (χ3n) is 6.47. The second-order valence-corrected chi connectivity index (χ2v) is 10.6. The van der Waals surface area contributed by atoms with Crippen LogP contribution < -0.4 is 16.0 Å². The van der Waals surface area contributed by atoms with Crippen molar-refractivity contribution in [3.05, 3.63) is 77.6 Å². The van der Waals surface area contributed by atoms with Gasteiger partial charge in [-0.15, -0.1) is 0 Å². The Hall–Kier alpha value is -4.82. The largest absolute Gasteiger partial charge is 0.387 e. The van der Waals surface area contributed by atoms with Gasteiger partial charge in [0.25, 0.3) is 5.91 Å². The maximum absolute atomic E-state index is 14.3. The maximum Gasteiger partial charge on any atom is 0.255 e. The van der Waals surface area contributed by atoms with Crippen LogP contribution in [0.2, 0.25) is 0 Å². The molecule has 0 saturated carbocycles. The lowest BCUT2D eigenvalue weighted by Crippen LogP contribution is -2.42. The topological polar surface area (TPSA) is 144 Å². The lowest BCUT2D eigenvalue weighted by Gasteiger charge is -2.22. The van der Waals surface area contributed by atoms with E-state index >= 15 is 0 Å². The van der Waals surface area contributed by atoms with Crippen molar-refractivity contribution in [2.75, 3.05) is 11.9 Å². The molecule has 4 rings (SSSR count). The molecule has 0 saturated heterocycles. The van der Waals surface area contributed by atoms with E-state index in [1.54, 1.807) is 16.6 Å². The molecule has 0 bridgehead atoms. The first-order chi connectivity index (χ1) is 19.5. The van der Waals surface area contributed by atoms with Crippen molar-refractivity contribution in [2.24, 2.45) is 5.92 Å². The molecule has 0 aliphatic heterocycles. The normalized spacial score (nSPS) is 12.1. The van der Waals surface area contributed by atoms with Crippen LogP contribution in [0.25, 0.3) is 16.9 Å². The highest BCUT2D eigenvalue weighted by atomic mass is 19.1. The lowest BCUT2D eigenvalue weighted by molar-refractivity contribution is -0.124. The molecule has 0 fully saturated rings. The molecular weight excluding hydrogens is 525 g/mol. The minimum Gasteiger partial charge on any atom is -0.387 e. The Morgan fingerprint density at radius 3 is 2.49 bits per heavy atom. The van der Waals surface area contributed by atoms with Crippen molar-refractivity contribution in [1.82, 2.24) is 25.2 Å². The van der Waals surface area contributed by atoms with Gasteiger partial charge in [-0.05, 0) is 55.8 Å². The Labute approximate surface area is 237 Å². The Kier molecular flexibility index (Phi) is 8.64. The second kappa shape index (κ2) is 12.1. The monoisotopic (exact) mass is 557 g/mol. The molecule has 3 aromatic heterocycles. The van der Waals surface area contributed by atoms with Crippen molar-refractivity contribution < 1.29 is 19.1 Å². The Morgan fingerprint density at radius 2 is 1.83 bits per heavy atom. The van der Waals surface area contributed by atoms with E-state index in [0.717, 1.165) is 5.56 Å². The van der Waals surface area contributed by atoms with E-state index in [4.69, 9.17) is 0 Å². The molecule has 1 aromatic carbocycles. The highest BCUT2D eigenvalue weighted by molar-refractivity contribution is 6.00. The van der Waals surface area contributed by atoms with Gasteiger partial charge in [0.05, 0.1) is 52.1 Å². The number of anilines is 2. The molecule has 10 nitrogen and oxygen atoms in total. The van der Waals surface area contributed by atoms with Gasteiger partial charge in [0.15, 0.2) is 0 Å². The number of aliphatic hydroxyl groups is 1. The number of halogens is 1. The fraction of sp³-hybridized carbons (Fsp3) is 0.300. The summed E-state index contributed by atoms with van der Waals surface area (Å²) in [6.45, 7) is 6.33. The van der Waals surface area contributed by atoms with Crippen LogP contribution in [-0.2, 0) is 11.3 Å². The number of aromatic nitrogens is 3. The summed E-state index contributed by atoms with van der Waals surface area (Å²) in [6.07, 6.45) is 1.18. The highest BCUT2D eigenvalue weighted by Crippen LogP contribution is 2.28. The number of nitriles is 1. The zero-order chi connectivity index (χ0) is 29.7. The summed E-state index contributed by atoms with van der Waals surface area (Å²) in [4.78, 5) is 29.5. The Bertz CT molecular complexity index is 1600. The quantitative estimate of drug-likeness (QED) is 0.230. The first-order valence-corrected chi connectivity index (χ1v) is 13.1. The molecule has 212 valence electrons. The fourth-order valence-corrected chi connectivity index (χ4v) is 3.92. The molecule has 4 N–H and O–H groups in total. The van der Waals surface area contributed by atoms with E-state index < -0.39 is 17.7 Å². The van der Waals surface area contributed by atoms with Gasteiger partial charge >= 0.3 is 0 Å². The van der Waals surface area contributed by atoms with Crippen molar-refractivity contribution in [3.8, 4) is 17.5 Å². The van der Waals surface area contributed by atoms with Gasteiger partial charge in [0.1, 0.15) is 12.2 Å². The number of pyridine rings is 1. The number of rotatable bonds is 10. The summed E-state index contributed by atoms with van der Waals surface area (Å²) < 4.78 is 16.0. The molecule has 0 aliphatic carbocycles. The molecule has 1 unspecified atom stereocenters. The van der Waals surface area contributed by atoms with Crippen LogP contribution in [0.15, 0.2) is 60.9 Å². The number of alkyl halides is 1. The second-order valence-electron chi connectivity index (χ2n) is 10.6. The third kappa shape index (κ3) is 7.04. The highest BCUT2D eigenvalue weighted by Gasteiger charge is 2.27. The molecule has 11 heteroatoms. The van der Waals surface area contributed by atoms with Crippen LogP contribution in [0.5, 0.6) is 0 Å². The number of carbonyl (C=O) groups is 2. The number of benzene rings is 1. The van der Waals surface area contributed by atoms with Gasteiger partial charge in [0.2, 0.25) is 5.91 Å². The predicted octanol–water partition coefficient (Wildman–Crippen LogP) is 4.12. The van der Waals surface area contributed by atoms with E-state index in [0.29, 0.717) is 40.4 Å². The molecule has 0 aliphatic rings. The van der Waals surface area contributed by atoms with Crippen molar-refractivity contribution in [1.29, 1.82) is 5.26 Å². The van der Waals surface area contributed by atoms with Gasteiger partial charge in [-0.1, -0.05) is 26.0 Å². The van der Waals surface area contributed by atoms with E-state index in [1.807, 2.05) is 50.2 Å². The van der Waals surface area contributed by atoms with Gasteiger partial charge in [-0.3, -0.25) is 14.6 Å². The first-order valence-electron chi connectivity index (χ1n) is 13.1. The summed E-state index contributed by atoms with van der Waals surface area (Å²) in [6, 6.07) is 16.5. The smallest absolute Gasteiger partial charge is 0.255 e. The average Bonchev–Trinajstić information content (AvgIpc) is 3.37. The maximum atomic E-state index is 14.3. The van der Waals surface area contributed by atoms with Crippen LogP contribution >= 0.6 is 0 Å². The van der Waals surface area contributed by atoms with E-state index in [2.05, 4.69) is 32.1 Å². The number of nitrogens with one attached hydrogen (secondary N) is 3. The van der Waals surface area contributed by atoms with Crippen molar-refractivity contribution >= 4 is 28.7 Å². The van der Waals surface area contributed by atoms with Gasteiger partial charge in [-0.25, -0.2) is 8.91 Å². The summed E-state index contributed by atoms with van der Waals surface area (Å²) in [5, 5.41) is 32.1. The Balaban J connectivity index is 1.64. The molecule has 4 aromatic rings. The molecule has 0 radical (unpaired) electrons. The van der Waals surface area contributed by atoms with Gasteiger partial charge < -0.3 is 21.1 Å². The Morgan fingerprint density at radius 1 is 1.10 bits per heavy atom. The number of hydrogen-bond acceptors (Lipinski definition) is 7. The van der Waals surface area contributed by atoms with Crippen molar-refractivity contribution in [2.45, 2.75) is 46.0 Å². The van der Waals surface area contributed by atoms with Gasteiger partial charge in [0, 0.05) is 24.3 Å². The fourth-order valence-electron chi connectivity index (χ4n) is 3.92. The molecule has 0 spiro atoms. The zero-order valence-electron chi connectivity index (χ0n) is 23.3. The molecule has 41 heavy (non-hydrogen) atoms. The molecule has 2 amide bonds. The van der Waals surface area contributed by atoms with Crippen molar-refractivity contribution in [3.63, 3.8) is 0 Å². The third-order valence-corrected chi connectivity index (χ3v) is 6.47. The van der Waals surface area contributed by atoms with E-state index in [-0.39, 0.29) is 23.9 Å². The van der Waals surface area contributed by atoms with Crippen LogP contribution in [-0.4, -0.2) is 49.8 Å². The van der Waals surface area contributed by atoms with Crippen LogP contribution in [0.3, 0.4) is 0 Å². The number of amides is 2. The summed E-state index contributed by atoms with van der Waals surface area (Å²) >= 11 is 0. The summed E-state index contributed by atoms with van der Waals surface area (Å²) in [5.41, 5.74) is 2.83. The zero-order valence-corrected chi connectivity index (χ0v) is 23.3. The molecule has 3 heterocycles. The van der Waals surface area contributed by atoms with E-state index in [1.165, 1.54) is 26.2 Å². The average molecular weight is 558 g/mol. The van der Waals surface area contributed by atoms with Crippen LogP contribution in [0.1, 0.15) is 49.2 Å².